The van der Waals surface area contributed by atoms with Gasteiger partial charge in [-0.1, -0.05) is 6.92 Å². The molecule has 1 aliphatic rings. The van der Waals surface area contributed by atoms with Crippen molar-refractivity contribution in [1.82, 2.24) is 4.98 Å². The standard InChI is InChI=1S/C13H18BrNO/c1-3-11-13(9(2)8-12(14)15-11)10-4-6-16-7-5-10/h8,10H,3-7H2,1-2H3. The van der Waals surface area contributed by atoms with Gasteiger partial charge in [0.25, 0.3) is 0 Å². The molecule has 0 amide bonds. The minimum absolute atomic E-state index is 0.643. The van der Waals surface area contributed by atoms with Crippen LogP contribution >= 0.6 is 15.9 Å². The van der Waals surface area contributed by atoms with Gasteiger partial charge in [0.15, 0.2) is 0 Å². The summed E-state index contributed by atoms with van der Waals surface area (Å²) in [7, 11) is 0. The summed E-state index contributed by atoms with van der Waals surface area (Å²) in [6.07, 6.45) is 3.28. The van der Waals surface area contributed by atoms with Crippen LogP contribution in [0.15, 0.2) is 10.7 Å². The number of nitrogens with zero attached hydrogens (tertiary/aromatic N) is 1. The number of pyridine rings is 1. The molecule has 0 N–H and O–H groups in total. The molecule has 0 bridgehead atoms. The maximum Gasteiger partial charge on any atom is 0.106 e. The van der Waals surface area contributed by atoms with Crippen molar-refractivity contribution in [3.05, 3.63) is 27.5 Å². The first-order valence-electron chi connectivity index (χ1n) is 5.96. The van der Waals surface area contributed by atoms with Gasteiger partial charge >= 0.3 is 0 Å². The van der Waals surface area contributed by atoms with E-state index in [2.05, 4.69) is 40.8 Å². The van der Waals surface area contributed by atoms with E-state index in [0.717, 1.165) is 37.1 Å². The molecule has 1 aliphatic heterocycles. The minimum atomic E-state index is 0.643. The van der Waals surface area contributed by atoms with E-state index in [1.807, 2.05) is 0 Å². The second-order valence-electron chi connectivity index (χ2n) is 4.36. The average molecular weight is 284 g/mol. The molecule has 0 unspecified atom stereocenters. The summed E-state index contributed by atoms with van der Waals surface area (Å²) in [6.45, 7) is 6.15. The fourth-order valence-corrected chi connectivity index (χ4v) is 3.08. The first-order chi connectivity index (χ1) is 7.72. The molecule has 0 radical (unpaired) electrons. The number of aryl methyl sites for hydroxylation is 2. The van der Waals surface area contributed by atoms with Gasteiger partial charge in [0.1, 0.15) is 4.60 Å². The van der Waals surface area contributed by atoms with Crippen molar-refractivity contribution in [3.8, 4) is 0 Å². The molecule has 3 heteroatoms. The third kappa shape index (κ3) is 2.46. The summed E-state index contributed by atoms with van der Waals surface area (Å²) in [5.74, 6) is 0.643. The van der Waals surface area contributed by atoms with Gasteiger partial charge in [0.05, 0.1) is 0 Å². The van der Waals surface area contributed by atoms with Crippen LogP contribution in [0.1, 0.15) is 42.5 Å². The van der Waals surface area contributed by atoms with Crippen LogP contribution in [0.2, 0.25) is 0 Å². The fraction of sp³-hybridized carbons (Fsp3) is 0.615. The Labute approximate surface area is 106 Å². The minimum Gasteiger partial charge on any atom is -0.381 e. The molecular weight excluding hydrogens is 266 g/mol. The molecule has 1 aromatic rings. The van der Waals surface area contributed by atoms with E-state index in [9.17, 15) is 0 Å². The molecule has 0 saturated carbocycles. The topological polar surface area (TPSA) is 22.1 Å². The molecule has 1 fully saturated rings. The summed E-state index contributed by atoms with van der Waals surface area (Å²) < 4.78 is 6.38. The fourth-order valence-electron chi connectivity index (χ4n) is 2.52. The lowest BCUT2D eigenvalue weighted by Crippen LogP contribution is -2.17. The summed E-state index contributed by atoms with van der Waals surface area (Å²) in [4.78, 5) is 4.60. The summed E-state index contributed by atoms with van der Waals surface area (Å²) in [5.41, 5.74) is 4.08. The van der Waals surface area contributed by atoms with Gasteiger partial charge in [0.2, 0.25) is 0 Å². The smallest absolute Gasteiger partial charge is 0.106 e. The predicted molar refractivity (Wildman–Crippen MR) is 68.8 cm³/mol. The highest BCUT2D eigenvalue weighted by atomic mass is 79.9. The predicted octanol–water partition coefficient (Wildman–Crippen LogP) is 3.61. The Bertz CT molecular complexity index is 372. The Morgan fingerprint density at radius 1 is 1.44 bits per heavy atom. The maximum absolute atomic E-state index is 5.43. The molecule has 2 nitrogen and oxygen atoms in total. The highest BCUT2D eigenvalue weighted by Gasteiger charge is 2.21. The van der Waals surface area contributed by atoms with Crippen molar-refractivity contribution >= 4 is 15.9 Å². The van der Waals surface area contributed by atoms with Gasteiger partial charge in [-0.25, -0.2) is 4.98 Å². The van der Waals surface area contributed by atoms with Crippen molar-refractivity contribution in [2.45, 2.75) is 39.0 Å². The second kappa shape index (κ2) is 5.28. The Hall–Kier alpha value is -0.410. The average Bonchev–Trinajstić information content (AvgIpc) is 2.29. The quantitative estimate of drug-likeness (QED) is 0.774. The normalized spacial score (nSPS) is 17.7. The van der Waals surface area contributed by atoms with E-state index in [4.69, 9.17) is 4.74 Å². The Kier molecular flexibility index (Phi) is 3.98. The van der Waals surface area contributed by atoms with Crippen molar-refractivity contribution in [1.29, 1.82) is 0 Å². The van der Waals surface area contributed by atoms with Crippen LogP contribution < -0.4 is 0 Å². The number of rotatable bonds is 2. The first kappa shape index (κ1) is 12.1. The highest BCUT2D eigenvalue weighted by Crippen LogP contribution is 2.32. The van der Waals surface area contributed by atoms with E-state index >= 15 is 0 Å². The van der Waals surface area contributed by atoms with Crippen molar-refractivity contribution in [2.24, 2.45) is 0 Å². The lowest BCUT2D eigenvalue weighted by Gasteiger charge is -2.25. The summed E-state index contributed by atoms with van der Waals surface area (Å²) >= 11 is 3.48. The van der Waals surface area contributed by atoms with Gasteiger partial charge in [-0.3, -0.25) is 0 Å². The molecule has 1 aromatic heterocycles. The number of halogens is 1. The Morgan fingerprint density at radius 3 is 2.75 bits per heavy atom. The molecule has 0 aromatic carbocycles. The lowest BCUT2D eigenvalue weighted by atomic mass is 9.87. The first-order valence-corrected chi connectivity index (χ1v) is 6.75. The molecule has 1 saturated heterocycles. The van der Waals surface area contributed by atoms with Crippen molar-refractivity contribution < 1.29 is 4.74 Å². The van der Waals surface area contributed by atoms with Gasteiger partial charge in [-0.15, -0.1) is 0 Å². The molecule has 0 spiro atoms. The van der Waals surface area contributed by atoms with Gasteiger partial charge in [-0.2, -0.15) is 0 Å². The number of hydrogen-bond donors (Lipinski definition) is 0. The lowest BCUT2D eigenvalue weighted by molar-refractivity contribution is 0.0849. The van der Waals surface area contributed by atoms with Crippen LogP contribution in [0, 0.1) is 6.92 Å². The largest absolute Gasteiger partial charge is 0.381 e. The van der Waals surface area contributed by atoms with Gasteiger partial charge in [-0.05, 0) is 65.2 Å². The molecule has 2 rings (SSSR count). The van der Waals surface area contributed by atoms with Crippen LogP contribution in [0.4, 0.5) is 0 Å². The van der Waals surface area contributed by atoms with E-state index in [1.165, 1.54) is 16.8 Å². The van der Waals surface area contributed by atoms with Crippen molar-refractivity contribution in [2.75, 3.05) is 13.2 Å². The monoisotopic (exact) mass is 283 g/mol. The zero-order valence-corrected chi connectivity index (χ0v) is 11.5. The third-order valence-electron chi connectivity index (χ3n) is 3.28. The molecule has 0 atom stereocenters. The molecular formula is C13H18BrNO. The number of hydrogen-bond acceptors (Lipinski definition) is 2. The SMILES string of the molecule is CCc1nc(Br)cc(C)c1C1CCOCC1. The zero-order chi connectivity index (χ0) is 11.5. The van der Waals surface area contributed by atoms with Crippen LogP contribution in [-0.2, 0) is 11.2 Å². The summed E-state index contributed by atoms with van der Waals surface area (Å²) in [5, 5.41) is 0. The highest BCUT2D eigenvalue weighted by molar-refractivity contribution is 9.10. The maximum atomic E-state index is 5.43. The van der Waals surface area contributed by atoms with E-state index in [1.54, 1.807) is 0 Å². The molecule has 88 valence electrons. The second-order valence-corrected chi connectivity index (χ2v) is 5.17. The van der Waals surface area contributed by atoms with Crippen LogP contribution in [-0.4, -0.2) is 18.2 Å². The summed E-state index contributed by atoms with van der Waals surface area (Å²) in [6, 6.07) is 2.13. The number of aromatic nitrogens is 1. The van der Waals surface area contributed by atoms with Crippen LogP contribution in [0.25, 0.3) is 0 Å². The molecule has 16 heavy (non-hydrogen) atoms. The third-order valence-corrected chi connectivity index (χ3v) is 3.68. The zero-order valence-electron chi connectivity index (χ0n) is 9.92. The van der Waals surface area contributed by atoms with Crippen LogP contribution in [0.3, 0.4) is 0 Å². The molecule has 2 heterocycles. The van der Waals surface area contributed by atoms with Gasteiger partial charge in [0, 0.05) is 18.9 Å². The van der Waals surface area contributed by atoms with E-state index in [0.29, 0.717) is 5.92 Å². The van der Waals surface area contributed by atoms with Crippen molar-refractivity contribution in [3.63, 3.8) is 0 Å². The van der Waals surface area contributed by atoms with Crippen LogP contribution in [0.5, 0.6) is 0 Å². The number of ether oxygens (including phenoxy) is 1. The Balaban J connectivity index is 2.37. The Morgan fingerprint density at radius 2 is 2.12 bits per heavy atom. The van der Waals surface area contributed by atoms with E-state index < -0.39 is 0 Å². The molecule has 0 aliphatic carbocycles. The van der Waals surface area contributed by atoms with E-state index in [-0.39, 0.29) is 0 Å². The van der Waals surface area contributed by atoms with Gasteiger partial charge < -0.3 is 4.74 Å².